The normalized spacial score (nSPS) is 15.5. The second-order valence-electron chi connectivity index (χ2n) is 6.71. The number of carbonyl (C=O) groups excluding carboxylic acids is 1. The van der Waals surface area contributed by atoms with E-state index in [9.17, 15) is 4.79 Å². The highest BCUT2D eigenvalue weighted by molar-refractivity contribution is 6.42. The van der Waals surface area contributed by atoms with Crippen molar-refractivity contribution in [3.05, 3.63) is 52.3 Å². The molecule has 0 spiro atoms. The van der Waals surface area contributed by atoms with Gasteiger partial charge in [0.05, 0.1) is 18.4 Å². The molecule has 0 radical (unpaired) electrons. The summed E-state index contributed by atoms with van der Waals surface area (Å²) < 4.78 is 0. The van der Waals surface area contributed by atoms with Crippen molar-refractivity contribution in [2.24, 2.45) is 0 Å². The Labute approximate surface area is 169 Å². The summed E-state index contributed by atoms with van der Waals surface area (Å²) in [5, 5.41) is 10.8. The lowest BCUT2D eigenvalue weighted by molar-refractivity contribution is -0.130. The summed E-state index contributed by atoms with van der Waals surface area (Å²) in [6, 6.07) is 10.7. The lowest BCUT2D eigenvalue weighted by Crippen LogP contribution is -2.46. The quantitative estimate of drug-likeness (QED) is 0.795. The fourth-order valence-electron chi connectivity index (χ4n) is 3.28. The molecule has 3 rings (SSSR count). The number of hydrogen-bond donors (Lipinski definition) is 1. The van der Waals surface area contributed by atoms with Gasteiger partial charge in [0.2, 0.25) is 5.91 Å². The number of carbonyl (C=O) groups is 1. The second-order valence-corrected chi connectivity index (χ2v) is 7.45. The number of nitrogens with one attached hydrogen (secondary N) is 1. The summed E-state index contributed by atoms with van der Waals surface area (Å²) in [5.41, 5.74) is 1.84. The van der Waals surface area contributed by atoms with Crippen LogP contribution in [0, 0.1) is 0 Å². The summed E-state index contributed by atoms with van der Waals surface area (Å²) in [4.78, 5) is 16.8. The van der Waals surface area contributed by atoms with Gasteiger partial charge < -0.3 is 10.2 Å². The molecule has 2 heterocycles. The average Bonchev–Trinajstić information content (AvgIpc) is 2.70. The summed E-state index contributed by atoms with van der Waals surface area (Å²) >= 11 is 11.9. The number of benzene rings is 1. The Hall–Kier alpha value is -1.89. The van der Waals surface area contributed by atoms with Crippen molar-refractivity contribution in [3.8, 4) is 0 Å². The van der Waals surface area contributed by atoms with Gasteiger partial charge in [-0.15, -0.1) is 5.10 Å². The summed E-state index contributed by atoms with van der Waals surface area (Å²) in [6.45, 7) is 3.07. The first-order valence-corrected chi connectivity index (χ1v) is 9.72. The molecule has 0 atom stereocenters. The first-order chi connectivity index (χ1) is 13.0. The van der Waals surface area contributed by atoms with Gasteiger partial charge in [-0.25, -0.2) is 0 Å². The number of hydrogen-bond acceptors (Lipinski definition) is 5. The number of likely N-dealkylation sites (N-methyl/N-ethyl adjacent to an activating group) is 1. The minimum Gasteiger partial charge on any atom is -0.374 e. The van der Waals surface area contributed by atoms with E-state index in [1.54, 1.807) is 0 Å². The number of rotatable bonds is 6. The van der Waals surface area contributed by atoms with Crippen LogP contribution in [-0.2, 0) is 11.3 Å². The van der Waals surface area contributed by atoms with Crippen LogP contribution in [0.2, 0.25) is 10.2 Å². The van der Waals surface area contributed by atoms with Crippen LogP contribution in [-0.4, -0.2) is 58.6 Å². The molecular weight excluding hydrogens is 385 g/mol. The van der Waals surface area contributed by atoms with Gasteiger partial charge >= 0.3 is 0 Å². The van der Waals surface area contributed by atoms with E-state index in [1.165, 1.54) is 11.8 Å². The van der Waals surface area contributed by atoms with Crippen LogP contribution in [0.3, 0.4) is 0 Å². The van der Waals surface area contributed by atoms with E-state index in [2.05, 4.69) is 44.7 Å². The molecule has 0 unspecified atom stereocenters. The molecule has 144 valence electrons. The van der Waals surface area contributed by atoms with Crippen LogP contribution < -0.4 is 5.32 Å². The van der Waals surface area contributed by atoms with Gasteiger partial charge in [-0.05, 0) is 18.4 Å². The molecule has 1 fully saturated rings. The molecule has 6 nitrogen and oxygen atoms in total. The van der Waals surface area contributed by atoms with Crippen molar-refractivity contribution in [2.45, 2.75) is 25.4 Å². The fraction of sp³-hybridized carbons (Fsp3) is 0.421. The van der Waals surface area contributed by atoms with E-state index < -0.39 is 0 Å². The van der Waals surface area contributed by atoms with Crippen molar-refractivity contribution in [1.29, 1.82) is 0 Å². The highest BCUT2D eigenvalue weighted by Gasteiger charge is 2.25. The maximum Gasteiger partial charge on any atom is 0.241 e. The van der Waals surface area contributed by atoms with Crippen molar-refractivity contribution in [2.75, 3.05) is 32.0 Å². The lowest BCUT2D eigenvalue weighted by atomic mass is 10.0. The van der Waals surface area contributed by atoms with Crippen LogP contribution in [0.4, 0.5) is 5.69 Å². The first kappa shape index (κ1) is 19.9. The highest BCUT2D eigenvalue weighted by Crippen LogP contribution is 2.26. The van der Waals surface area contributed by atoms with Crippen molar-refractivity contribution >= 4 is 34.8 Å². The van der Waals surface area contributed by atoms with E-state index in [1.807, 2.05) is 18.0 Å². The van der Waals surface area contributed by atoms with Gasteiger partial charge in [-0.2, -0.15) is 5.10 Å². The summed E-state index contributed by atoms with van der Waals surface area (Å²) in [5.74, 6) is 0.0144. The number of aromatic nitrogens is 2. The number of likely N-dealkylation sites (tertiary alicyclic amines) is 1. The minimum atomic E-state index is 0.0144. The van der Waals surface area contributed by atoms with Crippen LogP contribution >= 0.6 is 23.2 Å². The molecule has 2 aromatic rings. The zero-order chi connectivity index (χ0) is 19.2. The molecule has 1 aromatic heterocycles. The fourth-order valence-corrected chi connectivity index (χ4v) is 3.58. The lowest BCUT2D eigenvalue weighted by Gasteiger charge is -2.37. The van der Waals surface area contributed by atoms with E-state index in [-0.39, 0.29) is 28.7 Å². The van der Waals surface area contributed by atoms with E-state index >= 15 is 0 Å². The molecule has 1 aliphatic rings. The Morgan fingerprint density at radius 1 is 1.26 bits per heavy atom. The topological polar surface area (TPSA) is 61.4 Å². The van der Waals surface area contributed by atoms with Gasteiger partial charge in [0, 0.05) is 32.7 Å². The molecule has 1 saturated heterocycles. The van der Waals surface area contributed by atoms with Crippen molar-refractivity contribution < 1.29 is 4.79 Å². The predicted octanol–water partition coefficient (Wildman–Crippen LogP) is 3.32. The van der Waals surface area contributed by atoms with Gasteiger partial charge in [0.15, 0.2) is 5.15 Å². The van der Waals surface area contributed by atoms with Crippen LogP contribution in [0.25, 0.3) is 0 Å². The zero-order valence-corrected chi connectivity index (χ0v) is 16.7. The highest BCUT2D eigenvalue weighted by atomic mass is 35.5. The van der Waals surface area contributed by atoms with Crippen molar-refractivity contribution in [1.82, 2.24) is 20.0 Å². The number of halogens is 2. The third kappa shape index (κ3) is 5.31. The third-order valence-corrected chi connectivity index (χ3v) is 5.67. The molecule has 1 aromatic carbocycles. The Balaban J connectivity index is 1.46. The monoisotopic (exact) mass is 407 g/mol. The maximum atomic E-state index is 12.5. The van der Waals surface area contributed by atoms with Crippen molar-refractivity contribution in [3.63, 3.8) is 0 Å². The molecule has 1 aliphatic heterocycles. The zero-order valence-electron chi connectivity index (χ0n) is 15.2. The van der Waals surface area contributed by atoms with E-state index in [0.717, 1.165) is 32.5 Å². The molecule has 0 saturated carbocycles. The first-order valence-electron chi connectivity index (χ1n) is 8.97. The number of amides is 1. The second kappa shape index (κ2) is 9.35. The number of piperidine rings is 1. The van der Waals surface area contributed by atoms with Gasteiger partial charge in [-0.1, -0.05) is 53.5 Å². The van der Waals surface area contributed by atoms with Crippen LogP contribution in [0.15, 0.2) is 36.5 Å². The Kier molecular flexibility index (Phi) is 6.88. The summed E-state index contributed by atoms with van der Waals surface area (Å²) in [7, 11) is 1.86. The van der Waals surface area contributed by atoms with Gasteiger partial charge in [0.25, 0.3) is 0 Å². The third-order valence-electron chi connectivity index (χ3n) is 4.93. The largest absolute Gasteiger partial charge is 0.374 e. The Bertz CT molecular complexity index is 766. The standard InChI is InChI=1S/C19H23Cl2N5O/c1-25(17(27)12-22-16-11-23-24-19(21)18(16)20)15-7-9-26(10-8-15)13-14-5-3-2-4-6-14/h2-6,11,15H,7-10,12-13H2,1H3,(H,22,24). The predicted molar refractivity (Wildman–Crippen MR) is 108 cm³/mol. The maximum absolute atomic E-state index is 12.5. The Morgan fingerprint density at radius 2 is 1.96 bits per heavy atom. The molecule has 27 heavy (non-hydrogen) atoms. The van der Waals surface area contributed by atoms with E-state index in [4.69, 9.17) is 23.2 Å². The molecule has 0 bridgehead atoms. The van der Waals surface area contributed by atoms with Gasteiger partial charge in [-0.3, -0.25) is 9.69 Å². The molecule has 1 amide bonds. The Morgan fingerprint density at radius 3 is 2.67 bits per heavy atom. The molecule has 0 aliphatic carbocycles. The molecule has 8 heteroatoms. The number of anilines is 1. The molecular formula is C19H23Cl2N5O. The number of nitrogens with zero attached hydrogens (tertiary/aromatic N) is 4. The summed E-state index contributed by atoms with van der Waals surface area (Å²) in [6.07, 6.45) is 3.40. The van der Waals surface area contributed by atoms with Crippen LogP contribution in [0.1, 0.15) is 18.4 Å². The minimum absolute atomic E-state index is 0.0144. The van der Waals surface area contributed by atoms with Crippen LogP contribution in [0.5, 0.6) is 0 Å². The van der Waals surface area contributed by atoms with E-state index in [0.29, 0.717) is 5.69 Å². The average molecular weight is 408 g/mol. The van der Waals surface area contributed by atoms with Gasteiger partial charge in [0.1, 0.15) is 5.02 Å². The molecule has 1 N–H and O–H groups in total. The SMILES string of the molecule is CN(C(=O)CNc1cnnc(Cl)c1Cl)C1CCN(Cc2ccccc2)CC1. The smallest absolute Gasteiger partial charge is 0.241 e.